The number of hydrogen-bond acceptors (Lipinski definition) is 4. The minimum atomic E-state index is -0.538. The molecule has 0 saturated carbocycles. The van der Waals surface area contributed by atoms with Gasteiger partial charge in [0.15, 0.2) is 0 Å². The molecule has 13 heavy (non-hydrogen) atoms. The average molecular weight is 177 g/mol. The number of aromatic nitrogens is 2. The number of anilines is 1. The van der Waals surface area contributed by atoms with Gasteiger partial charge in [-0.1, -0.05) is 23.0 Å². The summed E-state index contributed by atoms with van der Waals surface area (Å²) in [5.74, 6) is -0.538. The highest BCUT2D eigenvalue weighted by molar-refractivity contribution is 5.41. The first-order valence-electron chi connectivity index (χ1n) is 3.71. The highest BCUT2D eigenvalue weighted by Gasteiger charge is 1.97. The fourth-order valence-corrected chi connectivity index (χ4v) is 0.922. The molecule has 1 aromatic heterocycles. The Labute approximate surface area is 73.6 Å². The maximum atomic E-state index is 10.9. The fourth-order valence-electron chi connectivity index (χ4n) is 0.922. The van der Waals surface area contributed by atoms with Gasteiger partial charge in [0.1, 0.15) is 0 Å². The number of nitrogens with zero attached hydrogens (tertiary/aromatic N) is 2. The van der Waals surface area contributed by atoms with Crippen molar-refractivity contribution in [2.75, 3.05) is 5.43 Å². The normalized spacial score (nSPS) is 9.85. The van der Waals surface area contributed by atoms with E-state index in [0.29, 0.717) is 0 Å². The van der Waals surface area contributed by atoms with Crippen LogP contribution in [0.5, 0.6) is 0 Å². The molecule has 0 amide bonds. The van der Waals surface area contributed by atoms with Crippen LogP contribution in [0.3, 0.4) is 0 Å². The molecular formula is C8H7N3O2. The zero-order valence-electron chi connectivity index (χ0n) is 6.68. The van der Waals surface area contributed by atoms with Crippen molar-refractivity contribution in [3.8, 4) is 0 Å². The van der Waals surface area contributed by atoms with Crippen LogP contribution in [0.4, 0.5) is 5.69 Å². The highest BCUT2D eigenvalue weighted by Crippen LogP contribution is 2.03. The van der Waals surface area contributed by atoms with E-state index < -0.39 is 5.76 Å². The number of benzene rings is 1. The first-order valence-corrected chi connectivity index (χ1v) is 3.71. The Morgan fingerprint density at radius 2 is 2.08 bits per heavy atom. The third-order valence-corrected chi connectivity index (χ3v) is 1.50. The molecule has 1 N–H and O–H groups in total. The van der Waals surface area contributed by atoms with Crippen molar-refractivity contribution in [1.29, 1.82) is 0 Å². The van der Waals surface area contributed by atoms with Gasteiger partial charge in [-0.2, -0.15) is 0 Å². The maximum Gasteiger partial charge on any atom is 0.456 e. The molecule has 2 rings (SSSR count). The Morgan fingerprint density at radius 1 is 1.31 bits per heavy atom. The van der Waals surface area contributed by atoms with Gasteiger partial charge in [0.05, 0.1) is 5.69 Å². The maximum absolute atomic E-state index is 10.9. The van der Waals surface area contributed by atoms with Gasteiger partial charge < -0.3 is 4.42 Å². The van der Waals surface area contributed by atoms with E-state index in [9.17, 15) is 4.79 Å². The lowest BCUT2D eigenvalue weighted by Gasteiger charge is -2.01. The smallest absolute Gasteiger partial charge is 0.394 e. The lowest BCUT2D eigenvalue weighted by molar-refractivity contribution is 0.498. The zero-order valence-corrected chi connectivity index (χ0v) is 6.68. The van der Waals surface area contributed by atoms with Gasteiger partial charge in [0, 0.05) is 0 Å². The monoisotopic (exact) mass is 177 g/mol. The molecule has 2 aromatic rings. The predicted molar refractivity (Wildman–Crippen MR) is 46.2 cm³/mol. The molecule has 0 radical (unpaired) electrons. The van der Waals surface area contributed by atoms with Crippen molar-refractivity contribution in [2.45, 2.75) is 0 Å². The highest BCUT2D eigenvalue weighted by atomic mass is 16.4. The minimum absolute atomic E-state index is 0.538. The molecule has 0 aliphatic heterocycles. The van der Waals surface area contributed by atoms with Crippen LogP contribution in [0.2, 0.25) is 0 Å². The SMILES string of the molecule is O=c1ocnn1Nc1ccccc1. The third kappa shape index (κ3) is 1.58. The van der Waals surface area contributed by atoms with Crippen LogP contribution in [-0.4, -0.2) is 9.89 Å². The molecule has 66 valence electrons. The molecule has 0 unspecified atom stereocenters. The molecule has 0 aliphatic rings. The molecule has 5 heteroatoms. The summed E-state index contributed by atoms with van der Waals surface area (Å²) >= 11 is 0. The quantitative estimate of drug-likeness (QED) is 0.733. The number of rotatable bonds is 2. The van der Waals surface area contributed by atoms with Gasteiger partial charge in [-0.25, -0.2) is 4.79 Å². The van der Waals surface area contributed by atoms with Gasteiger partial charge in [-0.15, -0.1) is 5.10 Å². The Bertz CT molecular complexity index is 432. The summed E-state index contributed by atoms with van der Waals surface area (Å²) in [5.41, 5.74) is 3.53. The molecule has 0 saturated heterocycles. The Morgan fingerprint density at radius 3 is 2.69 bits per heavy atom. The molecule has 0 bridgehead atoms. The Balaban J connectivity index is 2.25. The number of nitrogens with one attached hydrogen (secondary N) is 1. The van der Waals surface area contributed by atoms with E-state index in [-0.39, 0.29) is 0 Å². The second-order valence-corrected chi connectivity index (χ2v) is 2.39. The Hall–Kier alpha value is -2.04. The van der Waals surface area contributed by atoms with Crippen LogP contribution in [0.1, 0.15) is 0 Å². The van der Waals surface area contributed by atoms with E-state index in [2.05, 4.69) is 14.9 Å². The van der Waals surface area contributed by atoms with E-state index >= 15 is 0 Å². The van der Waals surface area contributed by atoms with E-state index in [1.807, 2.05) is 30.3 Å². The minimum Gasteiger partial charge on any atom is -0.394 e. The summed E-state index contributed by atoms with van der Waals surface area (Å²) in [6.45, 7) is 0. The van der Waals surface area contributed by atoms with Crippen LogP contribution in [0.25, 0.3) is 0 Å². The van der Waals surface area contributed by atoms with E-state index in [0.717, 1.165) is 16.9 Å². The standard InChI is InChI=1S/C8H7N3O2/c12-8-11(9-6-13-8)10-7-4-2-1-3-5-7/h1-6,10H. The van der Waals surface area contributed by atoms with Crippen LogP contribution in [0, 0.1) is 0 Å². The first-order chi connectivity index (χ1) is 6.36. The second-order valence-electron chi connectivity index (χ2n) is 2.39. The molecule has 1 heterocycles. The van der Waals surface area contributed by atoms with Crippen molar-refractivity contribution in [2.24, 2.45) is 0 Å². The molecule has 0 fully saturated rings. The van der Waals surface area contributed by atoms with Gasteiger partial charge in [0.25, 0.3) is 0 Å². The van der Waals surface area contributed by atoms with Crippen molar-refractivity contribution in [3.05, 3.63) is 47.3 Å². The van der Waals surface area contributed by atoms with Crippen molar-refractivity contribution < 1.29 is 4.42 Å². The van der Waals surface area contributed by atoms with E-state index in [1.165, 1.54) is 0 Å². The second kappa shape index (κ2) is 3.14. The summed E-state index contributed by atoms with van der Waals surface area (Å²) < 4.78 is 4.47. The summed E-state index contributed by atoms with van der Waals surface area (Å²) in [6, 6.07) is 9.24. The molecule has 0 atom stereocenters. The largest absolute Gasteiger partial charge is 0.456 e. The lowest BCUT2D eigenvalue weighted by atomic mass is 10.3. The van der Waals surface area contributed by atoms with Gasteiger partial charge in [-0.3, -0.25) is 5.43 Å². The summed E-state index contributed by atoms with van der Waals surface area (Å²) in [6.07, 6.45) is 1.08. The zero-order chi connectivity index (χ0) is 9.10. The van der Waals surface area contributed by atoms with Crippen molar-refractivity contribution in [3.63, 3.8) is 0 Å². The lowest BCUT2D eigenvalue weighted by Crippen LogP contribution is -2.23. The van der Waals surface area contributed by atoms with Crippen LogP contribution in [0.15, 0.2) is 45.9 Å². The molecular weight excluding hydrogens is 170 g/mol. The molecule has 0 aliphatic carbocycles. The summed E-state index contributed by atoms with van der Waals surface area (Å²) in [4.78, 5) is 11.9. The van der Waals surface area contributed by atoms with Gasteiger partial charge >= 0.3 is 5.76 Å². The van der Waals surface area contributed by atoms with Crippen LogP contribution < -0.4 is 11.2 Å². The van der Waals surface area contributed by atoms with Crippen LogP contribution >= 0.6 is 0 Å². The molecule has 5 nitrogen and oxygen atoms in total. The number of para-hydroxylation sites is 1. The van der Waals surface area contributed by atoms with Gasteiger partial charge in [-0.05, 0) is 12.1 Å². The predicted octanol–water partition coefficient (Wildman–Crippen LogP) is 0.711. The fraction of sp³-hybridized carbons (Fsp3) is 0. The van der Waals surface area contributed by atoms with Crippen molar-refractivity contribution in [1.82, 2.24) is 9.89 Å². The van der Waals surface area contributed by atoms with E-state index in [1.54, 1.807) is 0 Å². The summed E-state index contributed by atoms with van der Waals surface area (Å²) in [5, 5.41) is 3.64. The topological polar surface area (TPSA) is 60.1 Å². The van der Waals surface area contributed by atoms with Crippen molar-refractivity contribution >= 4 is 5.69 Å². The average Bonchev–Trinajstić information content (AvgIpc) is 2.54. The third-order valence-electron chi connectivity index (χ3n) is 1.50. The Kier molecular flexibility index (Phi) is 1.84. The summed E-state index contributed by atoms with van der Waals surface area (Å²) in [7, 11) is 0. The van der Waals surface area contributed by atoms with Gasteiger partial charge in [0.2, 0.25) is 6.39 Å². The first kappa shape index (κ1) is 7.60. The van der Waals surface area contributed by atoms with E-state index in [4.69, 9.17) is 0 Å². The molecule has 1 aromatic carbocycles. The number of hydrogen-bond donors (Lipinski definition) is 1. The van der Waals surface area contributed by atoms with Crippen LogP contribution in [-0.2, 0) is 0 Å². The molecule has 0 spiro atoms.